The van der Waals surface area contributed by atoms with Gasteiger partial charge in [-0.3, -0.25) is 0 Å². The Bertz CT molecular complexity index is 293. The largest absolute Gasteiger partial charge is 0.390 e. The van der Waals surface area contributed by atoms with E-state index in [1.54, 1.807) is 0 Å². The number of ether oxygens (including phenoxy) is 1. The SMILES string of the molecule is C=C[C@@H](O)[C@H]1CC[C@H]([C@H](O)CCCCCCCCCCCC)O1. The number of unbranched alkanes of at least 4 members (excludes halogenated alkanes) is 9. The van der Waals surface area contributed by atoms with Crippen molar-refractivity contribution in [2.24, 2.45) is 0 Å². The fourth-order valence-corrected chi connectivity index (χ4v) is 3.40. The van der Waals surface area contributed by atoms with Gasteiger partial charge in [-0.2, -0.15) is 0 Å². The fraction of sp³-hybridized carbons (Fsp3) is 0.900. The van der Waals surface area contributed by atoms with Gasteiger partial charge in [0.2, 0.25) is 0 Å². The molecule has 0 aromatic heterocycles. The Morgan fingerprint density at radius 2 is 1.43 bits per heavy atom. The highest BCUT2D eigenvalue weighted by Crippen LogP contribution is 2.26. The van der Waals surface area contributed by atoms with E-state index in [0.717, 1.165) is 25.7 Å². The highest BCUT2D eigenvalue weighted by atomic mass is 16.5. The van der Waals surface area contributed by atoms with Crippen molar-refractivity contribution in [1.82, 2.24) is 0 Å². The van der Waals surface area contributed by atoms with Crippen LogP contribution < -0.4 is 0 Å². The maximum absolute atomic E-state index is 10.2. The molecule has 1 fully saturated rings. The summed E-state index contributed by atoms with van der Waals surface area (Å²) in [5, 5.41) is 19.9. The van der Waals surface area contributed by atoms with E-state index in [1.807, 2.05) is 0 Å². The molecule has 1 rings (SSSR count). The lowest BCUT2D eigenvalue weighted by molar-refractivity contribution is -0.0660. The predicted molar refractivity (Wildman–Crippen MR) is 96.6 cm³/mol. The van der Waals surface area contributed by atoms with Gasteiger partial charge >= 0.3 is 0 Å². The summed E-state index contributed by atoms with van der Waals surface area (Å²) >= 11 is 0. The van der Waals surface area contributed by atoms with Crippen molar-refractivity contribution in [3.05, 3.63) is 12.7 Å². The van der Waals surface area contributed by atoms with E-state index in [2.05, 4.69) is 13.5 Å². The van der Waals surface area contributed by atoms with E-state index in [1.165, 1.54) is 63.9 Å². The molecule has 3 nitrogen and oxygen atoms in total. The molecule has 0 bridgehead atoms. The zero-order valence-corrected chi connectivity index (χ0v) is 15.1. The molecular formula is C20H38O3. The van der Waals surface area contributed by atoms with Crippen LogP contribution in [0.15, 0.2) is 12.7 Å². The van der Waals surface area contributed by atoms with Crippen LogP contribution in [-0.4, -0.2) is 34.6 Å². The molecule has 1 aliphatic rings. The van der Waals surface area contributed by atoms with Crippen LogP contribution in [-0.2, 0) is 4.74 Å². The summed E-state index contributed by atoms with van der Waals surface area (Å²) in [6.45, 7) is 5.85. The first kappa shape index (κ1) is 20.7. The maximum Gasteiger partial charge on any atom is 0.0980 e. The summed E-state index contributed by atoms with van der Waals surface area (Å²) in [4.78, 5) is 0. The van der Waals surface area contributed by atoms with Gasteiger partial charge in [0.1, 0.15) is 0 Å². The van der Waals surface area contributed by atoms with Crippen LogP contribution in [0.25, 0.3) is 0 Å². The van der Waals surface area contributed by atoms with Gasteiger partial charge in [0.05, 0.1) is 24.4 Å². The molecule has 2 N–H and O–H groups in total. The molecule has 3 heteroatoms. The second-order valence-electron chi connectivity index (χ2n) is 7.05. The Morgan fingerprint density at radius 1 is 0.913 bits per heavy atom. The molecule has 136 valence electrons. The fourth-order valence-electron chi connectivity index (χ4n) is 3.40. The zero-order valence-electron chi connectivity index (χ0n) is 15.1. The van der Waals surface area contributed by atoms with Gasteiger partial charge < -0.3 is 14.9 Å². The van der Waals surface area contributed by atoms with E-state index in [0.29, 0.717) is 0 Å². The van der Waals surface area contributed by atoms with Crippen LogP contribution >= 0.6 is 0 Å². The van der Waals surface area contributed by atoms with E-state index in [4.69, 9.17) is 4.74 Å². The second kappa shape index (κ2) is 13.0. The lowest BCUT2D eigenvalue weighted by Crippen LogP contribution is -2.30. The zero-order chi connectivity index (χ0) is 16.9. The topological polar surface area (TPSA) is 49.7 Å². The predicted octanol–water partition coefficient (Wildman–Crippen LogP) is 4.75. The van der Waals surface area contributed by atoms with Crippen LogP contribution in [0, 0.1) is 0 Å². The molecule has 0 aromatic rings. The van der Waals surface area contributed by atoms with Gasteiger partial charge in [0.25, 0.3) is 0 Å². The van der Waals surface area contributed by atoms with Gasteiger partial charge in [0, 0.05) is 0 Å². The minimum atomic E-state index is -0.607. The van der Waals surface area contributed by atoms with E-state index >= 15 is 0 Å². The molecule has 0 radical (unpaired) electrons. The van der Waals surface area contributed by atoms with Crippen molar-refractivity contribution in [3.8, 4) is 0 Å². The first-order valence-electron chi connectivity index (χ1n) is 9.83. The van der Waals surface area contributed by atoms with Crippen LogP contribution in [0.1, 0.15) is 90.4 Å². The average molecular weight is 327 g/mol. The van der Waals surface area contributed by atoms with E-state index < -0.39 is 6.10 Å². The Labute approximate surface area is 143 Å². The lowest BCUT2D eigenvalue weighted by Gasteiger charge is -2.20. The molecule has 0 aliphatic carbocycles. The maximum atomic E-state index is 10.2. The van der Waals surface area contributed by atoms with Crippen molar-refractivity contribution in [2.75, 3.05) is 0 Å². The molecule has 23 heavy (non-hydrogen) atoms. The molecule has 0 aromatic carbocycles. The lowest BCUT2D eigenvalue weighted by atomic mass is 10.0. The molecule has 0 spiro atoms. The van der Waals surface area contributed by atoms with Gasteiger partial charge in [-0.15, -0.1) is 6.58 Å². The highest BCUT2D eigenvalue weighted by Gasteiger charge is 2.33. The van der Waals surface area contributed by atoms with E-state index in [9.17, 15) is 10.2 Å². The molecule has 0 saturated carbocycles. The first-order chi connectivity index (χ1) is 11.2. The number of hydrogen-bond donors (Lipinski definition) is 2. The normalized spacial score (nSPS) is 23.8. The summed E-state index contributed by atoms with van der Waals surface area (Å²) in [6, 6.07) is 0. The van der Waals surface area contributed by atoms with Crippen molar-refractivity contribution in [3.63, 3.8) is 0 Å². The smallest absolute Gasteiger partial charge is 0.0980 e. The average Bonchev–Trinajstić information content (AvgIpc) is 3.05. The summed E-state index contributed by atoms with van der Waals surface area (Å²) in [5.41, 5.74) is 0. The standard InChI is InChI=1S/C20H38O3/c1-3-5-6-7-8-9-10-11-12-13-14-18(22)20-16-15-19(23-20)17(21)4-2/h4,17-22H,2-3,5-16H2,1H3/t17-,18-,19-,20-/m1/s1. The van der Waals surface area contributed by atoms with Crippen molar-refractivity contribution < 1.29 is 14.9 Å². The Morgan fingerprint density at radius 3 is 2.00 bits per heavy atom. The van der Waals surface area contributed by atoms with Crippen molar-refractivity contribution >= 4 is 0 Å². The molecule has 0 unspecified atom stereocenters. The molecular weight excluding hydrogens is 288 g/mol. The van der Waals surface area contributed by atoms with Gasteiger partial charge in [-0.1, -0.05) is 77.2 Å². The Hall–Kier alpha value is -0.380. The summed E-state index contributed by atoms with van der Waals surface area (Å²) in [6.07, 6.45) is 15.8. The number of aliphatic hydroxyl groups excluding tert-OH is 2. The number of hydrogen-bond acceptors (Lipinski definition) is 3. The van der Waals surface area contributed by atoms with Gasteiger partial charge in [0.15, 0.2) is 0 Å². The summed E-state index contributed by atoms with van der Waals surface area (Å²) < 4.78 is 5.75. The first-order valence-corrected chi connectivity index (χ1v) is 9.83. The number of aliphatic hydroxyl groups is 2. The monoisotopic (exact) mass is 326 g/mol. The Kier molecular flexibility index (Phi) is 11.7. The summed E-state index contributed by atoms with van der Waals surface area (Å²) in [7, 11) is 0. The minimum absolute atomic E-state index is 0.104. The quantitative estimate of drug-likeness (QED) is 0.358. The third kappa shape index (κ3) is 8.88. The van der Waals surface area contributed by atoms with Crippen LogP contribution in [0.2, 0.25) is 0 Å². The van der Waals surface area contributed by atoms with Crippen LogP contribution in [0.5, 0.6) is 0 Å². The Balaban J connectivity index is 1.94. The van der Waals surface area contributed by atoms with Gasteiger partial charge in [-0.05, 0) is 19.3 Å². The third-order valence-electron chi connectivity index (χ3n) is 4.99. The molecule has 0 amide bonds. The van der Waals surface area contributed by atoms with Crippen molar-refractivity contribution in [2.45, 2.75) is 115 Å². The second-order valence-corrected chi connectivity index (χ2v) is 7.05. The van der Waals surface area contributed by atoms with E-state index in [-0.39, 0.29) is 18.3 Å². The third-order valence-corrected chi connectivity index (χ3v) is 4.99. The van der Waals surface area contributed by atoms with Crippen LogP contribution in [0.3, 0.4) is 0 Å². The number of rotatable bonds is 14. The van der Waals surface area contributed by atoms with Crippen LogP contribution in [0.4, 0.5) is 0 Å². The molecule has 1 heterocycles. The minimum Gasteiger partial charge on any atom is -0.390 e. The van der Waals surface area contributed by atoms with Crippen molar-refractivity contribution in [1.29, 1.82) is 0 Å². The summed E-state index contributed by atoms with van der Waals surface area (Å²) in [5.74, 6) is 0. The molecule has 1 saturated heterocycles. The van der Waals surface area contributed by atoms with Gasteiger partial charge in [-0.25, -0.2) is 0 Å². The molecule has 1 aliphatic heterocycles. The highest BCUT2D eigenvalue weighted by molar-refractivity contribution is 4.90. The molecule has 4 atom stereocenters.